The van der Waals surface area contributed by atoms with Crippen LogP contribution in [-0.2, 0) is 6.42 Å². The van der Waals surface area contributed by atoms with Crippen molar-refractivity contribution >= 4 is 11.7 Å². The average Bonchev–Trinajstić information content (AvgIpc) is 2.70. The van der Waals surface area contributed by atoms with Gasteiger partial charge < -0.3 is 15.1 Å². The van der Waals surface area contributed by atoms with E-state index in [4.69, 9.17) is 10.2 Å². The molecule has 1 heterocycles. The van der Waals surface area contributed by atoms with E-state index in [-0.39, 0.29) is 0 Å². The molecule has 0 fully saturated rings. The number of nitrogens with zero attached hydrogens (tertiary/aromatic N) is 3. The third kappa shape index (κ3) is 2.13. The van der Waals surface area contributed by atoms with Crippen molar-refractivity contribution in [2.45, 2.75) is 6.42 Å². The number of rotatable bonds is 3. The van der Waals surface area contributed by atoms with Crippen LogP contribution in [0, 0.1) is 0 Å². The lowest BCUT2D eigenvalue weighted by atomic mass is 10.1. The van der Waals surface area contributed by atoms with Crippen LogP contribution in [0.4, 0.5) is 11.7 Å². The molecule has 2 rings (SSSR count). The molecular weight excluding hydrogens is 204 g/mol. The van der Waals surface area contributed by atoms with Crippen LogP contribution in [0.2, 0.25) is 0 Å². The standard InChI is InChI=1S/C11H14N4O/c1-15(2)11-14-13-10(16-11)7-8-5-3-4-6-9(8)12/h3-6H,7,12H2,1-2H3. The Labute approximate surface area is 93.9 Å². The van der Waals surface area contributed by atoms with Crippen LogP contribution < -0.4 is 10.6 Å². The maximum absolute atomic E-state index is 5.83. The molecule has 0 radical (unpaired) electrons. The van der Waals surface area contributed by atoms with Gasteiger partial charge in [0.2, 0.25) is 5.89 Å². The molecule has 0 spiro atoms. The van der Waals surface area contributed by atoms with E-state index in [1.807, 2.05) is 38.4 Å². The molecule has 0 atom stereocenters. The van der Waals surface area contributed by atoms with Gasteiger partial charge in [-0.25, -0.2) is 0 Å². The van der Waals surface area contributed by atoms with E-state index < -0.39 is 0 Å². The number of aromatic nitrogens is 2. The van der Waals surface area contributed by atoms with Gasteiger partial charge in [-0.2, -0.15) is 0 Å². The lowest BCUT2D eigenvalue weighted by Gasteiger charge is -2.03. The van der Waals surface area contributed by atoms with E-state index in [9.17, 15) is 0 Å². The molecule has 0 saturated carbocycles. The largest absolute Gasteiger partial charge is 0.408 e. The van der Waals surface area contributed by atoms with Gasteiger partial charge in [0.15, 0.2) is 0 Å². The molecule has 0 saturated heterocycles. The predicted molar refractivity (Wildman–Crippen MR) is 62.3 cm³/mol. The fraction of sp³-hybridized carbons (Fsp3) is 0.273. The Morgan fingerprint density at radius 2 is 2.00 bits per heavy atom. The zero-order valence-corrected chi connectivity index (χ0v) is 9.34. The summed E-state index contributed by atoms with van der Waals surface area (Å²) in [6.45, 7) is 0. The Morgan fingerprint density at radius 1 is 1.25 bits per heavy atom. The van der Waals surface area contributed by atoms with Crippen LogP contribution in [0.3, 0.4) is 0 Å². The first-order chi connectivity index (χ1) is 7.66. The van der Waals surface area contributed by atoms with E-state index in [1.54, 1.807) is 4.90 Å². The second-order valence-corrected chi connectivity index (χ2v) is 3.75. The van der Waals surface area contributed by atoms with E-state index in [0.29, 0.717) is 18.3 Å². The van der Waals surface area contributed by atoms with Crippen LogP contribution in [0.15, 0.2) is 28.7 Å². The molecule has 5 heteroatoms. The lowest BCUT2D eigenvalue weighted by molar-refractivity contribution is 0.506. The molecule has 2 N–H and O–H groups in total. The minimum absolute atomic E-state index is 0.504. The number of benzene rings is 1. The molecule has 5 nitrogen and oxygen atoms in total. The fourth-order valence-corrected chi connectivity index (χ4v) is 1.36. The lowest BCUT2D eigenvalue weighted by Crippen LogP contribution is -2.08. The van der Waals surface area contributed by atoms with Crippen LogP contribution in [0.5, 0.6) is 0 Å². The second kappa shape index (κ2) is 4.22. The number of nitrogen functional groups attached to an aromatic ring is 1. The van der Waals surface area contributed by atoms with Crippen molar-refractivity contribution in [3.63, 3.8) is 0 Å². The SMILES string of the molecule is CN(C)c1nnc(Cc2ccccc2N)o1. The van der Waals surface area contributed by atoms with Gasteiger partial charge in [-0.05, 0) is 11.6 Å². The normalized spacial score (nSPS) is 10.4. The topological polar surface area (TPSA) is 68.2 Å². The van der Waals surface area contributed by atoms with Crippen molar-refractivity contribution < 1.29 is 4.42 Å². The van der Waals surface area contributed by atoms with Crippen LogP contribution >= 0.6 is 0 Å². The Morgan fingerprint density at radius 3 is 2.62 bits per heavy atom. The summed E-state index contributed by atoms with van der Waals surface area (Å²) < 4.78 is 5.45. The molecule has 16 heavy (non-hydrogen) atoms. The zero-order chi connectivity index (χ0) is 11.5. The third-order valence-electron chi connectivity index (χ3n) is 2.24. The molecular formula is C11H14N4O. The Hall–Kier alpha value is -2.04. The molecule has 0 aliphatic heterocycles. The third-order valence-corrected chi connectivity index (χ3v) is 2.24. The highest BCUT2D eigenvalue weighted by Gasteiger charge is 2.09. The average molecular weight is 218 g/mol. The highest BCUT2D eigenvalue weighted by atomic mass is 16.4. The molecule has 0 amide bonds. The number of hydrogen-bond donors (Lipinski definition) is 1. The zero-order valence-electron chi connectivity index (χ0n) is 9.34. The molecule has 2 aromatic rings. The molecule has 0 aliphatic rings. The van der Waals surface area contributed by atoms with E-state index in [1.165, 1.54) is 0 Å². The highest BCUT2D eigenvalue weighted by Crippen LogP contribution is 2.17. The molecule has 0 unspecified atom stereocenters. The van der Waals surface area contributed by atoms with Crippen molar-refractivity contribution in [2.24, 2.45) is 0 Å². The van der Waals surface area contributed by atoms with Crippen molar-refractivity contribution in [1.29, 1.82) is 0 Å². The molecule has 1 aromatic carbocycles. The van der Waals surface area contributed by atoms with Gasteiger partial charge >= 0.3 is 6.01 Å². The molecule has 0 aliphatic carbocycles. The van der Waals surface area contributed by atoms with Crippen LogP contribution in [0.25, 0.3) is 0 Å². The quantitative estimate of drug-likeness (QED) is 0.787. The monoisotopic (exact) mass is 218 g/mol. The maximum Gasteiger partial charge on any atom is 0.317 e. The Balaban J connectivity index is 2.18. The Bertz CT molecular complexity index is 478. The summed E-state index contributed by atoms with van der Waals surface area (Å²) in [5.41, 5.74) is 7.57. The minimum Gasteiger partial charge on any atom is -0.408 e. The van der Waals surface area contributed by atoms with Gasteiger partial charge in [-0.15, -0.1) is 5.10 Å². The number of nitrogens with two attached hydrogens (primary N) is 1. The van der Waals surface area contributed by atoms with E-state index >= 15 is 0 Å². The van der Waals surface area contributed by atoms with Gasteiger partial charge in [0.25, 0.3) is 0 Å². The number of anilines is 2. The highest BCUT2D eigenvalue weighted by molar-refractivity contribution is 5.47. The van der Waals surface area contributed by atoms with E-state index in [2.05, 4.69) is 10.2 Å². The number of hydrogen-bond acceptors (Lipinski definition) is 5. The van der Waals surface area contributed by atoms with Gasteiger partial charge in [0.05, 0.1) is 6.42 Å². The molecule has 84 valence electrons. The van der Waals surface area contributed by atoms with Gasteiger partial charge in [0.1, 0.15) is 0 Å². The molecule has 1 aromatic heterocycles. The van der Waals surface area contributed by atoms with E-state index in [0.717, 1.165) is 11.3 Å². The summed E-state index contributed by atoms with van der Waals surface area (Å²) in [5.74, 6) is 0.571. The first kappa shape index (κ1) is 10.5. The first-order valence-electron chi connectivity index (χ1n) is 5.00. The predicted octanol–water partition coefficient (Wildman–Crippen LogP) is 1.31. The second-order valence-electron chi connectivity index (χ2n) is 3.75. The maximum atomic E-state index is 5.83. The summed E-state index contributed by atoms with van der Waals surface area (Å²) in [4.78, 5) is 1.77. The molecule has 0 bridgehead atoms. The summed E-state index contributed by atoms with van der Waals surface area (Å²) in [6, 6.07) is 8.16. The van der Waals surface area contributed by atoms with Crippen LogP contribution in [0.1, 0.15) is 11.5 Å². The van der Waals surface area contributed by atoms with Gasteiger partial charge in [0, 0.05) is 19.8 Å². The van der Waals surface area contributed by atoms with Crippen molar-refractivity contribution in [1.82, 2.24) is 10.2 Å². The van der Waals surface area contributed by atoms with Crippen molar-refractivity contribution in [2.75, 3.05) is 24.7 Å². The summed E-state index contributed by atoms with van der Waals surface area (Å²) >= 11 is 0. The van der Waals surface area contributed by atoms with Gasteiger partial charge in [-0.1, -0.05) is 23.3 Å². The number of para-hydroxylation sites is 1. The summed E-state index contributed by atoms with van der Waals surface area (Å²) in [6.07, 6.45) is 0.563. The van der Waals surface area contributed by atoms with Gasteiger partial charge in [-0.3, -0.25) is 0 Å². The summed E-state index contributed by atoms with van der Waals surface area (Å²) in [7, 11) is 3.71. The first-order valence-corrected chi connectivity index (χ1v) is 5.00. The van der Waals surface area contributed by atoms with Crippen LogP contribution in [-0.4, -0.2) is 24.3 Å². The Kier molecular flexibility index (Phi) is 2.76. The summed E-state index contributed by atoms with van der Waals surface area (Å²) in [5, 5.41) is 7.87. The smallest absolute Gasteiger partial charge is 0.317 e. The van der Waals surface area contributed by atoms with Crippen molar-refractivity contribution in [3.8, 4) is 0 Å². The fourth-order valence-electron chi connectivity index (χ4n) is 1.36. The van der Waals surface area contributed by atoms with Crippen molar-refractivity contribution in [3.05, 3.63) is 35.7 Å². The minimum atomic E-state index is 0.504.